The van der Waals surface area contributed by atoms with Gasteiger partial charge < -0.3 is 20.5 Å². The van der Waals surface area contributed by atoms with Crippen molar-refractivity contribution in [2.45, 2.75) is 19.0 Å². The van der Waals surface area contributed by atoms with Crippen LogP contribution >= 0.6 is 0 Å². The van der Waals surface area contributed by atoms with Crippen molar-refractivity contribution < 1.29 is 4.79 Å². The summed E-state index contributed by atoms with van der Waals surface area (Å²) in [6.07, 6.45) is 6.35. The first-order chi connectivity index (χ1) is 10.3. The number of amides is 1. The van der Waals surface area contributed by atoms with Crippen LogP contribution in [0.3, 0.4) is 0 Å². The predicted molar refractivity (Wildman–Crippen MR) is 82.2 cm³/mol. The molecule has 2 aromatic rings. The number of benzene rings is 1. The van der Waals surface area contributed by atoms with Gasteiger partial charge in [-0.1, -0.05) is 12.1 Å². The zero-order valence-corrected chi connectivity index (χ0v) is 11.7. The third-order valence-corrected chi connectivity index (χ3v) is 3.52. The molecule has 6 nitrogen and oxygen atoms in total. The van der Waals surface area contributed by atoms with Crippen LogP contribution in [0, 0.1) is 0 Å². The molecule has 1 aliphatic heterocycles. The SMILES string of the molecule is O=C(NCCCn1ccnc1)C1CNc2ccccc2N1. The van der Waals surface area contributed by atoms with Crippen molar-refractivity contribution in [2.24, 2.45) is 0 Å². The van der Waals surface area contributed by atoms with Gasteiger partial charge in [0, 0.05) is 32.0 Å². The second-order valence-electron chi connectivity index (χ2n) is 5.07. The minimum atomic E-state index is -0.229. The van der Waals surface area contributed by atoms with Gasteiger partial charge in [0.1, 0.15) is 6.04 Å². The quantitative estimate of drug-likeness (QED) is 0.724. The lowest BCUT2D eigenvalue weighted by atomic mass is 10.1. The maximum atomic E-state index is 12.1. The third kappa shape index (κ3) is 3.34. The highest BCUT2D eigenvalue weighted by molar-refractivity contribution is 5.88. The standard InChI is InChI=1S/C15H19N5O/c21-15(17-6-3-8-20-9-7-16-11-20)14-10-18-12-4-1-2-5-13(12)19-14/h1-2,4-5,7,9,11,14,18-19H,3,6,8,10H2,(H,17,21). The zero-order valence-electron chi connectivity index (χ0n) is 11.7. The van der Waals surface area contributed by atoms with Crippen LogP contribution in [0.5, 0.6) is 0 Å². The van der Waals surface area contributed by atoms with Gasteiger partial charge in [-0.3, -0.25) is 4.79 Å². The number of aromatic nitrogens is 2. The monoisotopic (exact) mass is 285 g/mol. The van der Waals surface area contributed by atoms with Gasteiger partial charge in [-0.25, -0.2) is 4.98 Å². The van der Waals surface area contributed by atoms with E-state index in [-0.39, 0.29) is 11.9 Å². The van der Waals surface area contributed by atoms with Crippen LogP contribution < -0.4 is 16.0 Å². The van der Waals surface area contributed by atoms with Crippen LogP contribution in [-0.4, -0.2) is 34.6 Å². The van der Waals surface area contributed by atoms with Crippen LogP contribution in [0.2, 0.25) is 0 Å². The summed E-state index contributed by atoms with van der Waals surface area (Å²) in [4.78, 5) is 16.1. The van der Waals surface area contributed by atoms with E-state index in [2.05, 4.69) is 20.9 Å². The van der Waals surface area contributed by atoms with Crippen molar-refractivity contribution >= 4 is 17.3 Å². The van der Waals surface area contributed by atoms with Crippen LogP contribution in [0.15, 0.2) is 43.0 Å². The molecule has 6 heteroatoms. The summed E-state index contributed by atoms with van der Waals surface area (Å²) in [6, 6.07) is 7.68. The van der Waals surface area contributed by atoms with E-state index < -0.39 is 0 Å². The molecule has 1 amide bonds. The number of fused-ring (bicyclic) bond motifs is 1. The molecule has 0 fully saturated rings. The molecule has 0 saturated carbocycles. The number of carbonyl (C=O) groups is 1. The predicted octanol–water partition coefficient (Wildman–Crippen LogP) is 1.30. The highest BCUT2D eigenvalue weighted by atomic mass is 16.2. The van der Waals surface area contributed by atoms with Gasteiger partial charge in [0.2, 0.25) is 5.91 Å². The molecule has 21 heavy (non-hydrogen) atoms. The Morgan fingerprint density at radius 3 is 3.05 bits per heavy atom. The summed E-state index contributed by atoms with van der Waals surface area (Å²) in [5, 5.41) is 9.50. The Morgan fingerprint density at radius 2 is 2.24 bits per heavy atom. The second kappa shape index (κ2) is 6.30. The molecule has 0 radical (unpaired) electrons. The van der Waals surface area contributed by atoms with E-state index in [1.165, 1.54) is 0 Å². The van der Waals surface area contributed by atoms with Crippen LogP contribution in [0.25, 0.3) is 0 Å². The first-order valence-corrected chi connectivity index (χ1v) is 7.16. The van der Waals surface area contributed by atoms with E-state index in [1.54, 1.807) is 12.5 Å². The molecule has 1 atom stereocenters. The number of carbonyl (C=O) groups excluding carboxylic acids is 1. The molecule has 1 aromatic carbocycles. The number of anilines is 2. The van der Waals surface area contributed by atoms with Crippen molar-refractivity contribution in [3.63, 3.8) is 0 Å². The maximum Gasteiger partial charge on any atom is 0.244 e. The molecule has 3 rings (SSSR count). The van der Waals surface area contributed by atoms with E-state index in [9.17, 15) is 4.79 Å². The molecule has 1 aromatic heterocycles. The number of rotatable bonds is 5. The second-order valence-corrected chi connectivity index (χ2v) is 5.07. The molecule has 0 aliphatic carbocycles. The first-order valence-electron chi connectivity index (χ1n) is 7.16. The van der Waals surface area contributed by atoms with Crippen molar-refractivity contribution in [1.82, 2.24) is 14.9 Å². The maximum absolute atomic E-state index is 12.1. The van der Waals surface area contributed by atoms with Crippen LogP contribution in [0.4, 0.5) is 11.4 Å². The number of imidazole rings is 1. The number of hydrogen-bond donors (Lipinski definition) is 3. The van der Waals surface area contributed by atoms with E-state index in [0.717, 1.165) is 24.3 Å². The van der Waals surface area contributed by atoms with E-state index in [4.69, 9.17) is 0 Å². The van der Waals surface area contributed by atoms with Crippen LogP contribution in [0.1, 0.15) is 6.42 Å². The van der Waals surface area contributed by atoms with Gasteiger partial charge in [-0.2, -0.15) is 0 Å². The minimum Gasteiger partial charge on any atom is -0.381 e. The lowest BCUT2D eigenvalue weighted by Crippen LogP contribution is -2.46. The highest BCUT2D eigenvalue weighted by Crippen LogP contribution is 2.24. The Bertz CT molecular complexity index is 596. The lowest BCUT2D eigenvalue weighted by Gasteiger charge is -2.27. The number of para-hydroxylation sites is 2. The molecule has 0 bridgehead atoms. The summed E-state index contributed by atoms with van der Waals surface area (Å²) in [6.45, 7) is 2.13. The average molecular weight is 285 g/mol. The van der Waals surface area contributed by atoms with E-state index in [1.807, 2.05) is 35.0 Å². The summed E-state index contributed by atoms with van der Waals surface area (Å²) < 4.78 is 2.00. The smallest absolute Gasteiger partial charge is 0.244 e. The van der Waals surface area contributed by atoms with Gasteiger partial charge in [0.05, 0.1) is 17.7 Å². The number of aryl methyl sites for hydroxylation is 1. The summed E-state index contributed by atoms with van der Waals surface area (Å²) in [7, 11) is 0. The Hall–Kier alpha value is -2.50. The molecular weight excluding hydrogens is 266 g/mol. The zero-order chi connectivity index (χ0) is 14.5. The summed E-state index contributed by atoms with van der Waals surface area (Å²) in [5.41, 5.74) is 2.02. The fourth-order valence-corrected chi connectivity index (χ4v) is 2.39. The van der Waals surface area contributed by atoms with Gasteiger partial charge >= 0.3 is 0 Å². The highest BCUT2D eigenvalue weighted by Gasteiger charge is 2.22. The van der Waals surface area contributed by atoms with Crippen molar-refractivity contribution in [2.75, 3.05) is 23.7 Å². The number of nitrogens with zero attached hydrogens (tertiary/aromatic N) is 2. The van der Waals surface area contributed by atoms with Gasteiger partial charge in [-0.05, 0) is 18.6 Å². The lowest BCUT2D eigenvalue weighted by molar-refractivity contribution is -0.121. The largest absolute Gasteiger partial charge is 0.381 e. The Kier molecular flexibility index (Phi) is 4.04. The average Bonchev–Trinajstić information content (AvgIpc) is 3.04. The van der Waals surface area contributed by atoms with Crippen molar-refractivity contribution in [1.29, 1.82) is 0 Å². The van der Waals surface area contributed by atoms with Gasteiger partial charge in [0.15, 0.2) is 0 Å². The molecule has 110 valence electrons. The first kappa shape index (κ1) is 13.5. The molecule has 2 heterocycles. The Morgan fingerprint density at radius 1 is 1.38 bits per heavy atom. The molecule has 1 aliphatic rings. The van der Waals surface area contributed by atoms with E-state index in [0.29, 0.717) is 13.1 Å². The van der Waals surface area contributed by atoms with Gasteiger partial charge in [-0.15, -0.1) is 0 Å². The number of nitrogens with one attached hydrogen (secondary N) is 3. The van der Waals surface area contributed by atoms with Gasteiger partial charge in [0.25, 0.3) is 0 Å². The minimum absolute atomic E-state index is 0.0302. The fraction of sp³-hybridized carbons (Fsp3) is 0.333. The Balaban J connectivity index is 1.44. The summed E-state index contributed by atoms with van der Waals surface area (Å²) in [5.74, 6) is 0.0302. The molecule has 0 spiro atoms. The fourth-order valence-electron chi connectivity index (χ4n) is 2.39. The number of hydrogen-bond acceptors (Lipinski definition) is 4. The molecular formula is C15H19N5O. The van der Waals surface area contributed by atoms with Crippen molar-refractivity contribution in [3.05, 3.63) is 43.0 Å². The van der Waals surface area contributed by atoms with E-state index >= 15 is 0 Å². The normalized spacial score (nSPS) is 16.5. The Labute approximate surface area is 123 Å². The summed E-state index contributed by atoms with van der Waals surface area (Å²) >= 11 is 0. The third-order valence-electron chi connectivity index (χ3n) is 3.52. The molecule has 1 unspecified atom stereocenters. The molecule has 0 saturated heterocycles. The topological polar surface area (TPSA) is 71.0 Å². The van der Waals surface area contributed by atoms with Crippen molar-refractivity contribution in [3.8, 4) is 0 Å². The van der Waals surface area contributed by atoms with Crippen LogP contribution in [-0.2, 0) is 11.3 Å². The molecule has 3 N–H and O–H groups in total.